The average Bonchev–Trinajstić information content (AvgIpc) is 3.34. The average molecular weight is 437 g/mol. The van der Waals surface area contributed by atoms with E-state index in [4.69, 9.17) is 14.5 Å². The van der Waals surface area contributed by atoms with Crippen LogP contribution in [-0.2, 0) is 4.79 Å². The first-order valence-electron chi connectivity index (χ1n) is 9.86. The fraction of sp³-hybridized carbons (Fsp3) is 0.227. The molecule has 0 aliphatic carbocycles. The van der Waals surface area contributed by atoms with Crippen LogP contribution in [0.2, 0.25) is 0 Å². The number of carbonyl (C=O) groups excluding carboxylic acids is 2. The summed E-state index contributed by atoms with van der Waals surface area (Å²) in [4.78, 5) is 34.5. The maximum atomic E-state index is 13.6. The van der Waals surface area contributed by atoms with Crippen LogP contribution < -0.4 is 19.7 Å². The number of nitrogens with one attached hydrogen (secondary N) is 1. The maximum Gasteiger partial charge on any atom is 0.325 e. The van der Waals surface area contributed by atoms with Crippen LogP contribution in [0.5, 0.6) is 11.5 Å². The zero-order valence-corrected chi connectivity index (χ0v) is 17.6. The Labute approximate surface area is 183 Å². The Morgan fingerprint density at radius 1 is 1.06 bits per heavy atom. The minimum atomic E-state index is -0.725. The lowest BCUT2D eigenvalue weighted by atomic mass is 10.1. The van der Waals surface area contributed by atoms with E-state index in [0.717, 1.165) is 5.56 Å². The lowest BCUT2D eigenvalue weighted by Gasteiger charge is -2.34. The van der Waals surface area contributed by atoms with Gasteiger partial charge in [-0.3, -0.25) is 19.9 Å². The normalized spacial score (nSPS) is 21.7. The van der Waals surface area contributed by atoms with Gasteiger partial charge in [-0.2, -0.15) is 0 Å². The Balaban J connectivity index is 1.67. The zero-order chi connectivity index (χ0) is 22.6. The Morgan fingerprint density at radius 2 is 1.81 bits per heavy atom. The number of halogens is 1. The predicted octanol–water partition coefficient (Wildman–Crippen LogP) is 2.21. The number of fused-ring (bicyclic) bond motifs is 3. The third-order valence-electron chi connectivity index (χ3n) is 5.75. The van der Waals surface area contributed by atoms with Crippen LogP contribution >= 0.6 is 0 Å². The maximum absolute atomic E-state index is 13.6. The van der Waals surface area contributed by atoms with Crippen LogP contribution in [0.15, 0.2) is 53.7 Å². The quantitative estimate of drug-likeness (QED) is 0.790. The van der Waals surface area contributed by atoms with Crippen molar-refractivity contribution in [2.45, 2.75) is 12.2 Å². The van der Waals surface area contributed by atoms with Gasteiger partial charge >= 0.3 is 6.03 Å². The summed E-state index contributed by atoms with van der Waals surface area (Å²) >= 11 is 0. The summed E-state index contributed by atoms with van der Waals surface area (Å²) in [5, 5.41) is 2.36. The SMILES string of the molecule is COc1ccc(N2C(c3ccc(F)cc3)=CN3C2=NC2C3C(=O)NC(=O)N2C)c(OC)c1. The van der Waals surface area contributed by atoms with Gasteiger partial charge in [-0.1, -0.05) is 0 Å². The molecule has 3 aliphatic rings. The summed E-state index contributed by atoms with van der Waals surface area (Å²) in [6, 6.07) is 10.2. The molecule has 1 N–H and O–H groups in total. The van der Waals surface area contributed by atoms with Crippen molar-refractivity contribution < 1.29 is 23.5 Å². The molecule has 0 spiro atoms. The number of ether oxygens (including phenoxy) is 2. The van der Waals surface area contributed by atoms with Crippen LogP contribution in [0.4, 0.5) is 14.9 Å². The Bertz CT molecular complexity index is 1180. The second kappa shape index (κ2) is 7.26. The lowest BCUT2D eigenvalue weighted by molar-refractivity contribution is -0.126. The highest BCUT2D eigenvalue weighted by atomic mass is 19.1. The summed E-state index contributed by atoms with van der Waals surface area (Å²) in [5.74, 6) is 0.798. The van der Waals surface area contributed by atoms with Crippen molar-refractivity contribution in [2.24, 2.45) is 4.99 Å². The van der Waals surface area contributed by atoms with E-state index in [-0.39, 0.29) is 5.82 Å². The van der Waals surface area contributed by atoms with Gasteiger partial charge in [-0.05, 0) is 36.4 Å². The van der Waals surface area contributed by atoms with Gasteiger partial charge in [0.05, 0.1) is 25.6 Å². The number of guanidine groups is 1. The first-order valence-corrected chi connectivity index (χ1v) is 9.86. The Kier molecular flexibility index (Phi) is 4.50. The molecule has 0 bridgehead atoms. The van der Waals surface area contributed by atoms with Gasteiger partial charge < -0.3 is 14.4 Å². The molecule has 3 heterocycles. The number of rotatable bonds is 4. The molecule has 0 saturated carbocycles. The number of methoxy groups -OCH3 is 2. The van der Waals surface area contributed by atoms with Crippen molar-refractivity contribution >= 4 is 29.3 Å². The molecule has 0 radical (unpaired) electrons. The second-order valence-corrected chi connectivity index (χ2v) is 7.49. The van der Waals surface area contributed by atoms with Crippen molar-refractivity contribution in [1.82, 2.24) is 15.1 Å². The summed E-state index contributed by atoms with van der Waals surface area (Å²) in [7, 11) is 4.70. The fourth-order valence-electron chi connectivity index (χ4n) is 4.11. The minimum Gasteiger partial charge on any atom is -0.497 e. The van der Waals surface area contributed by atoms with Crippen molar-refractivity contribution in [3.8, 4) is 11.5 Å². The molecule has 164 valence electrons. The van der Waals surface area contributed by atoms with Gasteiger partial charge in [0, 0.05) is 24.9 Å². The molecular weight excluding hydrogens is 417 g/mol. The number of amides is 3. The molecule has 9 nitrogen and oxygen atoms in total. The minimum absolute atomic E-state index is 0.356. The van der Waals surface area contributed by atoms with E-state index in [0.29, 0.717) is 28.8 Å². The van der Waals surface area contributed by atoms with E-state index in [9.17, 15) is 14.0 Å². The molecule has 3 amide bonds. The van der Waals surface area contributed by atoms with E-state index in [1.807, 2.05) is 11.0 Å². The van der Waals surface area contributed by atoms with Crippen LogP contribution in [0.3, 0.4) is 0 Å². The van der Waals surface area contributed by atoms with Crippen LogP contribution in [0.1, 0.15) is 5.56 Å². The zero-order valence-electron chi connectivity index (χ0n) is 17.6. The largest absolute Gasteiger partial charge is 0.497 e. The number of likely N-dealkylation sites (N-methyl/N-ethyl adjacent to an activating group) is 1. The van der Waals surface area contributed by atoms with Crippen LogP contribution in [0.25, 0.3) is 5.70 Å². The third-order valence-corrected chi connectivity index (χ3v) is 5.75. The highest BCUT2D eigenvalue weighted by Gasteiger charge is 2.52. The number of hydrogen-bond donors (Lipinski definition) is 1. The van der Waals surface area contributed by atoms with Crippen LogP contribution in [-0.4, -0.2) is 61.2 Å². The van der Waals surface area contributed by atoms with Gasteiger partial charge in [0.2, 0.25) is 5.96 Å². The number of imide groups is 1. The van der Waals surface area contributed by atoms with Gasteiger partial charge in [-0.25, -0.2) is 14.2 Å². The number of aliphatic imine (C=N–C) groups is 1. The standard InChI is InChI=1S/C22H20FN5O4/c1-26-19-18(20(29)25-22(26)30)27-11-16(12-4-6-13(23)7-5-12)28(21(27)24-19)15-9-8-14(31-2)10-17(15)32-3/h4-11,18-19H,1-3H3,(H,25,29,30). The molecule has 2 unspecified atom stereocenters. The topological polar surface area (TPSA) is 86.7 Å². The van der Waals surface area contributed by atoms with E-state index >= 15 is 0 Å². The van der Waals surface area contributed by atoms with Gasteiger partial charge in [0.15, 0.2) is 12.2 Å². The lowest BCUT2D eigenvalue weighted by Crippen LogP contribution is -2.62. The predicted molar refractivity (Wildman–Crippen MR) is 115 cm³/mol. The molecule has 3 aliphatic heterocycles. The summed E-state index contributed by atoms with van der Waals surface area (Å²) in [5.41, 5.74) is 2.05. The highest BCUT2D eigenvalue weighted by Crippen LogP contribution is 2.43. The summed E-state index contributed by atoms with van der Waals surface area (Å²) < 4.78 is 24.5. The molecule has 5 rings (SSSR count). The Hall–Kier alpha value is -4.08. The molecule has 2 aromatic carbocycles. The summed E-state index contributed by atoms with van der Waals surface area (Å²) in [6.07, 6.45) is 1.10. The number of hydrogen-bond acceptors (Lipinski definition) is 7. The number of urea groups is 1. The van der Waals surface area contributed by atoms with Crippen molar-refractivity contribution in [1.29, 1.82) is 0 Å². The number of benzene rings is 2. The number of carbonyl (C=O) groups is 2. The fourth-order valence-corrected chi connectivity index (χ4v) is 4.11. The summed E-state index contributed by atoms with van der Waals surface area (Å²) in [6.45, 7) is 0. The second-order valence-electron chi connectivity index (χ2n) is 7.49. The van der Waals surface area contributed by atoms with Crippen molar-refractivity contribution in [3.05, 3.63) is 60.0 Å². The van der Waals surface area contributed by atoms with E-state index in [2.05, 4.69) is 5.32 Å². The van der Waals surface area contributed by atoms with Gasteiger partial charge in [-0.15, -0.1) is 0 Å². The Morgan fingerprint density at radius 3 is 2.50 bits per heavy atom. The molecule has 10 heteroatoms. The van der Waals surface area contributed by atoms with Gasteiger partial charge in [0.25, 0.3) is 5.91 Å². The molecule has 1 fully saturated rings. The first kappa shape index (κ1) is 19.9. The van der Waals surface area contributed by atoms with Gasteiger partial charge in [0.1, 0.15) is 17.3 Å². The molecule has 1 saturated heterocycles. The number of nitrogens with zero attached hydrogens (tertiary/aromatic N) is 4. The van der Waals surface area contributed by atoms with E-state index in [1.165, 1.54) is 17.0 Å². The van der Waals surface area contributed by atoms with E-state index in [1.54, 1.807) is 56.6 Å². The molecule has 0 aromatic heterocycles. The first-order chi connectivity index (χ1) is 15.4. The van der Waals surface area contributed by atoms with Crippen molar-refractivity contribution in [3.63, 3.8) is 0 Å². The molecular formula is C22H20FN5O4. The molecule has 2 aromatic rings. The van der Waals surface area contributed by atoms with Crippen LogP contribution in [0, 0.1) is 5.82 Å². The smallest absolute Gasteiger partial charge is 0.325 e. The highest BCUT2D eigenvalue weighted by molar-refractivity contribution is 6.16. The monoisotopic (exact) mass is 437 g/mol. The molecule has 2 atom stereocenters. The van der Waals surface area contributed by atoms with E-state index < -0.39 is 24.1 Å². The molecule has 32 heavy (non-hydrogen) atoms. The van der Waals surface area contributed by atoms with Crippen molar-refractivity contribution in [2.75, 3.05) is 26.2 Å². The number of anilines is 1. The third kappa shape index (κ3) is 2.87.